The quantitative estimate of drug-likeness (QED) is 0.932. The lowest BCUT2D eigenvalue weighted by Gasteiger charge is -2.33. The monoisotopic (exact) mass is 275 g/mol. The van der Waals surface area contributed by atoms with Gasteiger partial charge < -0.3 is 14.4 Å². The molecule has 0 aliphatic rings. The van der Waals surface area contributed by atoms with E-state index in [1.165, 1.54) is 0 Å². The number of aryl methyl sites for hydroxylation is 1. The number of aliphatic hydroxyl groups is 1. The van der Waals surface area contributed by atoms with Crippen LogP contribution in [0.25, 0.3) is 11.0 Å². The molecule has 4 heteroatoms. The fourth-order valence-electron chi connectivity index (χ4n) is 2.05. The summed E-state index contributed by atoms with van der Waals surface area (Å²) in [6.07, 6.45) is 1.91. The van der Waals surface area contributed by atoms with E-state index in [-0.39, 0.29) is 18.9 Å². The lowest BCUT2D eigenvalue weighted by atomic mass is 10.0. The second-order valence-corrected chi connectivity index (χ2v) is 5.86. The van der Waals surface area contributed by atoms with Gasteiger partial charge in [0.1, 0.15) is 5.58 Å². The van der Waals surface area contributed by atoms with E-state index in [4.69, 9.17) is 4.42 Å². The van der Waals surface area contributed by atoms with Crippen LogP contribution in [0.2, 0.25) is 0 Å². The van der Waals surface area contributed by atoms with Crippen molar-refractivity contribution in [3.8, 4) is 0 Å². The summed E-state index contributed by atoms with van der Waals surface area (Å²) < 4.78 is 5.50. The molecule has 0 atom stereocenters. The van der Waals surface area contributed by atoms with E-state index in [2.05, 4.69) is 0 Å². The summed E-state index contributed by atoms with van der Waals surface area (Å²) in [6.45, 7) is 5.61. The highest BCUT2D eigenvalue weighted by Crippen LogP contribution is 2.24. The summed E-state index contributed by atoms with van der Waals surface area (Å²) in [5, 5.41) is 10.3. The number of hydrogen-bond donors (Lipinski definition) is 1. The molecule has 0 spiro atoms. The minimum absolute atomic E-state index is 0.0349. The Morgan fingerprint density at radius 3 is 2.75 bits per heavy atom. The van der Waals surface area contributed by atoms with E-state index in [1.54, 1.807) is 18.2 Å². The van der Waals surface area contributed by atoms with Gasteiger partial charge in [0.15, 0.2) is 0 Å². The highest BCUT2D eigenvalue weighted by atomic mass is 16.3. The molecule has 0 aliphatic carbocycles. The smallest absolute Gasteiger partial charge is 0.227 e. The van der Waals surface area contributed by atoms with Crippen molar-refractivity contribution < 1.29 is 14.3 Å². The Morgan fingerprint density at radius 2 is 2.10 bits per heavy atom. The van der Waals surface area contributed by atoms with Crippen molar-refractivity contribution in [1.29, 1.82) is 0 Å². The highest BCUT2D eigenvalue weighted by molar-refractivity contribution is 5.88. The second kappa shape index (κ2) is 5.29. The second-order valence-electron chi connectivity index (χ2n) is 5.86. The van der Waals surface area contributed by atoms with Gasteiger partial charge in [-0.25, -0.2) is 0 Å². The maximum absolute atomic E-state index is 12.3. The predicted molar refractivity (Wildman–Crippen MR) is 78.6 cm³/mol. The number of aliphatic hydroxyl groups excluding tert-OH is 1. The maximum Gasteiger partial charge on any atom is 0.227 e. The Bertz CT molecular complexity index is 628. The van der Waals surface area contributed by atoms with Crippen LogP contribution in [0.1, 0.15) is 25.0 Å². The summed E-state index contributed by atoms with van der Waals surface area (Å²) in [5.74, 6) is -0.0349. The molecule has 108 valence electrons. The normalized spacial score (nSPS) is 11.8. The molecule has 1 aromatic heterocycles. The lowest BCUT2D eigenvalue weighted by molar-refractivity contribution is -0.135. The van der Waals surface area contributed by atoms with E-state index >= 15 is 0 Å². The fraction of sp³-hybridized carbons (Fsp3) is 0.438. The largest absolute Gasteiger partial charge is 0.464 e. The third-order valence-electron chi connectivity index (χ3n) is 3.82. The molecule has 2 rings (SSSR count). The number of benzene rings is 1. The number of rotatable bonds is 4. The van der Waals surface area contributed by atoms with Crippen LogP contribution in [0, 0.1) is 6.92 Å². The molecule has 0 bridgehead atoms. The summed E-state index contributed by atoms with van der Waals surface area (Å²) in [4.78, 5) is 13.9. The average molecular weight is 275 g/mol. The molecule has 1 aromatic carbocycles. The van der Waals surface area contributed by atoms with Crippen molar-refractivity contribution in [3.63, 3.8) is 0 Å². The number of carbonyl (C=O) groups is 1. The first-order chi connectivity index (χ1) is 9.35. The van der Waals surface area contributed by atoms with Crippen LogP contribution in [-0.2, 0) is 11.2 Å². The fourth-order valence-corrected chi connectivity index (χ4v) is 2.05. The van der Waals surface area contributed by atoms with Crippen molar-refractivity contribution in [1.82, 2.24) is 4.90 Å². The average Bonchev–Trinajstić information content (AvgIpc) is 2.80. The molecular weight excluding hydrogens is 254 g/mol. The van der Waals surface area contributed by atoms with Gasteiger partial charge >= 0.3 is 0 Å². The number of furan rings is 1. The molecule has 20 heavy (non-hydrogen) atoms. The number of hydrogen-bond acceptors (Lipinski definition) is 3. The number of carbonyl (C=O) groups excluding carboxylic acids is 1. The van der Waals surface area contributed by atoms with Crippen molar-refractivity contribution in [2.75, 3.05) is 13.7 Å². The molecule has 2 aromatic rings. The van der Waals surface area contributed by atoms with Gasteiger partial charge in [-0.05, 0) is 32.4 Å². The first kappa shape index (κ1) is 14.6. The third-order valence-corrected chi connectivity index (χ3v) is 3.82. The van der Waals surface area contributed by atoms with E-state index in [0.29, 0.717) is 0 Å². The summed E-state index contributed by atoms with van der Waals surface area (Å²) in [6, 6.07) is 5.95. The standard InChI is InChI=1S/C16H21NO3/c1-11-5-6-13-12(9-20-14(13)7-11)8-15(19)17(4)16(2,3)10-18/h5-7,9,18H,8,10H2,1-4H3. The Balaban J connectivity index is 2.22. The topological polar surface area (TPSA) is 53.7 Å². The molecule has 0 saturated heterocycles. The van der Waals surface area contributed by atoms with Crippen LogP contribution in [0.15, 0.2) is 28.9 Å². The Kier molecular flexibility index (Phi) is 3.86. The predicted octanol–water partition coefficient (Wildman–Crippen LogP) is 2.51. The Hall–Kier alpha value is -1.81. The summed E-state index contributed by atoms with van der Waals surface area (Å²) in [5.41, 5.74) is 2.25. The van der Waals surface area contributed by atoms with Crippen LogP contribution < -0.4 is 0 Å². The highest BCUT2D eigenvalue weighted by Gasteiger charge is 2.27. The minimum atomic E-state index is -0.562. The van der Waals surface area contributed by atoms with E-state index < -0.39 is 5.54 Å². The first-order valence-corrected chi connectivity index (χ1v) is 6.69. The summed E-state index contributed by atoms with van der Waals surface area (Å²) in [7, 11) is 1.71. The number of fused-ring (bicyclic) bond motifs is 1. The van der Waals surface area contributed by atoms with Gasteiger partial charge in [-0.3, -0.25) is 4.79 Å². The number of likely N-dealkylation sites (N-methyl/N-ethyl adjacent to an activating group) is 1. The first-order valence-electron chi connectivity index (χ1n) is 6.69. The lowest BCUT2D eigenvalue weighted by Crippen LogP contribution is -2.48. The molecule has 0 radical (unpaired) electrons. The van der Waals surface area contributed by atoms with Crippen LogP contribution in [-0.4, -0.2) is 35.1 Å². The molecular formula is C16H21NO3. The van der Waals surface area contributed by atoms with Crippen molar-refractivity contribution in [2.24, 2.45) is 0 Å². The van der Waals surface area contributed by atoms with Gasteiger partial charge in [-0.1, -0.05) is 12.1 Å². The molecule has 1 heterocycles. The zero-order chi connectivity index (χ0) is 14.9. The van der Waals surface area contributed by atoms with Crippen molar-refractivity contribution >= 4 is 16.9 Å². The SMILES string of the molecule is Cc1ccc2c(CC(=O)N(C)C(C)(C)CO)coc2c1. The molecule has 0 aliphatic heterocycles. The van der Waals surface area contributed by atoms with Gasteiger partial charge in [-0.15, -0.1) is 0 Å². The van der Waals surface area contributed by atoms with Gasteiger partial charge in [0.25, 0.3) is 0 Å². The molecule has 4 nitrogen and oxygen atoms in total. The minimum Gasteiger partial charge on any atom is -0.464 e. The molecule has 1 amide bonds. The van der Waals surface area contributed by atoms with Crippen LogP contribution in [0.3, 0.4) is 0 Å². The van der Waals surface area contributed by atoms with Crippen molar-refractivity contribution in [3.05, 3.63) is 35.6 Å². The van der Waals surface area contributed by atoms with Gasteiger partial charge in [-0.2, -0.15) is 0 Å². The number of nitrogens with zero attached hydrogens (tertiary/aromatic N) is 1. The van der Waals surface area contributed by atoms with E-state index in [1.807, 2.05) is 39.0 Å². The van der Waals surface area contributed by atoms with Gasteiger partial charge in [0.05, 0.1) is 24.8 Å². The third kappa shape index (κ3) is 2.70. The maximum atomic E-state index is 12.3. The van der Waals surface area contributed by atoms with Crippen LogP contribution in [0.4, 0.5) is 0 Å². The zero-order valence-corrected chi connectivity index (χ0v) is 12.4. The Morgan fingerprint density at radius 1 is 1.40 bits per heavy atom. The van der Waals surface area contributed by atoms with E-state index in [0.717, 1.165) is 22.1 Å². The molecule has 0 unspecified atom stereocenters. The molecule has 0 fully saturated rings. The van der Waals surface area contributed by atoms with E-state index in [9.17, 15) is 9.90 Å². The Labute approximate surface area is 119 Å². The van der Waals surface area contributed by atoms with Gasteiger partial charge in [0, 0.05) is 18.0 Å². The summed E-state index contributed by atoms with van der Waals surface area (Å²) >= 11 is 0. The van der Waals surface area contributed by atoms with Crippen molar-refractivity contribution in [2.45, 2.75) is 32.7 Å². The molecule has 0 saturated carbocycles. The zero-order valence-electron chi connectivity index (χ0n) is 12.4. The number of amides is 1. The molecule has 1 N–H and O–H groups in total. The van der Waals surface area contributed by atoms with Crippen LogP contribution in [0.5, 0.6) is 0 Å². The van der Waals surface area contributed by atoms with Gasteiger partial charge in [0.2, 0.25) is 5.91 Å². The van der Waals surface area contributed by atoms with Crippen LogP contribution >= 0.6 is 0 Å².